The molecule has 1 N–H and O–H groups in total. The molecular formula is C8H6N2O2. The lowest BCUT2D eigenvalue weighted by Crippen LogP contribution is -1.78. The van der Waals surface area contributed by atoms with Crippen LogP contribution in [0.25, 0.3) is 11.6 Å². The van der Waals surface area contributed by atoms with Crippen molar-refractivity contribution in [3.8, 4) is 11.6 Å². The normalized spacial score (nSPS) is 10.0. The Morgan fingerprint density at radius 3 is 3.08 bits per heavy atom. The van der Waals surface area contributed by atoms with E-state index in [9.17, 15) is 4.79 Å². The molecule has 0 aliphatic carbocycles. The zero-order chi connectivity index (χ0) is 8.39. The number of carbonyl (C=O) groups is 1. The van der Waals surface area contributed by atoms with Crippen LogP contribution in [0.1, 0.15) is 10.5 Å². The van der Waals surface area contributed by atoms with Crippen molar-refractivity contribution in [3.05, 3.63) is 30.3 Å². The molecule has 0 aliphatic rings. The molecule has 0 saturated heterocycles. The van der Waals surface area contributed by atoms with Crippen LogP contribution in [-0.4, -0.2) is 16.3 Å². The fourth-order valence-corrected chi connectivity index (χ4v) is 0.936. The highest BCUT2D eigenvalue weighted by atomic mass is 16.3. The van der Waals surface area contributed by atoms with E-state index in [2.05, 4.69) is 9.97 Å². The topological polar surface area (TPSA) is 58.9 Å². The monoisotopic (exact) mass is 162 g/mol. The second-order valence-corrected chi connectivity index (χ2v) is 2.27. The van der Waals surface area contributed by atoms with Crippen molar-refractivity contribution in [3.63, 3.8) is 0 Å². The highest BCUT2D eigenvalue weighted by Gasteiger charge is 2.04. The number of hydrogen-bond donors (Lipinski definition) is 1. The zero-order valence-corrected chi connectivity index (χ0v) is 6.15. The van der Waals surface area contributed by atoms with Gasteiger partial charge >= 0.3 is 0 Å². The van der Waals surface area contributed by atoms with Crippen LogP contribution in [0.15, 0.2) is 29.0 Å². The third-order valence-electron chi connectivity index (χ3n) is 1.47. The Kier molecular flexibility index (Phi) is 1.51. The van der Waals surface area contributed by atoms with Gasteiger partial charge in [0, 0.05) is 6.20 Å². The summed E-state index contributed by atoms with van der Waals surface area (Å²) in [5, 5.41) is 0. The summed E-state index contributed by atoms with van der Waals surface area (Å²) in [6.45, 7) is 0. The van der Waals surface area contributed by atoms with Crippen molar-refractivity contribution in [1.29, 1.82) is 0 Å². The first-order valence-electron chi connectivity index (χ1n) is 3.44. The van der Waals surface area contributed by atoms with Gasteiger partial charge in [-0.2, -0.15) is 0 Å². The molecule has 0 spiro atoms. The molecule has 12 heavy (non-hydrogen) atoms. The van der Waals surface area contributed by atoms with Gasteiger partial charge in [0.15, 0.2) is 17.9 Å². The molecule has 60 valence electrons. The average molecular weight is 162 g/mol. The van der Waals surface area contributed by atoms with E-state index < -0.39 is 0 Å². The number of nitrogens with zero attached hydrogens (tertiary/aromatic N) is 1. The molecule has 4 nitrogen and oxygen atoms in total. The lowest BCUT2D eigenvalue weighted by atomic mass is 10.4. The Labute approximate surface area is 68.2 Å². The van der Waals surface area contributed by atoms with E-state index >= 15 is 0 Å². The smallest absolute Gasteiger partial charge is 0.174 e. The zero-order valence-electron chi connectivity index (χ0n) is 6.15. The molecule has 0 aromatic carbocycles. The molecular weight excluding hydrogens is 156 g/mol. The van der Waals surface area contributed by atoms with Crippen LogP contribution < -0.4 is 0 Å². The third-order valence-corrected chi connectivity index (χ3v) is 1.47. The SMILES string of the molecule is O=Cc1c[nH]c(-c2ccco2)n1. The van der Waals surface area contributed by atoms with Gasteiger partial charge in [0.25, 0.3) is 0 Å². The average Bonchev–Trinajstić information content (AvgIpc) is 2.75. The number of aldehydes is 1. The highest BCUT2D eigenvalue weighted by Crippen LogP contribution is 2.14. The van der Waals surface area contributed by atoms with Crippen molar-refractivity contribution in [2.75, 3.05) is 0 Å². The first kappa shape index (κ1) is 6.84. The maximum atomic E-state index is 10.3. The fraction of sp³-hybridized carbons (Fsp3) is 0. The van der Waals surface area contributed by atoms with E-state index in [1.807, 2.05) is 0 Å². The summed E-state index contributed by atoms with van der Waals surface area (Å²) >= 11 is 0. The van der Waals surface area contributed by atoms with E-state index in [4.69, 9.17) is 4.42 Å². The Morgan fingerprint density at radius 1 is 1.58 bits per heavy atom. The molecule has 0 radical (unpaired) electrons. The largest absolute Gasteiger partial charge is 0.461 e. The van der Waals surface area contributed by atoms with Crippen LogP contribution in [-0.2, 0) is 0 Å². The molecule has 2 aromatic rings. The maximum Gasteiger partial charge on any atom is 0.174 e. The van der Waals surface area contributed by atoms with E-state index in [0.717, 1.165) is 0 Å². The summed E-state index contributed by atoms with van der Waals surface area (Å²) in [7, 11) is 0. The van der Waals surface area contributed by atoms with Crippen molar-refractivity contribution < 1.29 is 9.21 Å². The molecule has 2 aromatic heterocycles. The number of hydrogen-bond acceptors (Lipinski definition) is 3. The minimum atomic E-state index is 0.376. The van der Waals surface area contributed by atoms with Crippen LogP contribution in [0.5, 0.6) is 0 Å². The molecule has 0 aliphatic heterocycles. The quantitative estimate of drug-likeness (QED) is 0.680. The predicted molar refractivity (Wildman–Crippen MR) is 41.7 cm³/mol. The molecule has 0 atom stereocenters. The first-order valence-corrected chi connectivity index (χ1v) is 3.44. The third kappa shape index (κ3) is 1.03. The lowest BCUT2D eigenvalue weighted by Gasteiger charge is -1.85. The van der Waals surface area contributed by atoms with Gasteiger partial charge in [-0.1, -0.05) is 0 Å². The Bertz CT molecular complexity index is 375. The van der Waals surface area contributed by atoms with Gasteiger partial charge in [-0.3, -0.25) is 4.79 Å². The van der Waals surface area contributed by atoms with Crippen molar-refractivity contribution >= 4 is 6.29 Å². The number of imidazole rings is 1. The molecule has 0 fully saturated rings. The standard InChI is InChI=1S/C8H6N2O2/c11-5-6-4-9-8(10-6)7-2-1-3-12-7/h1-5H,(H,9,10). The van der Waals surface area contributed by atoms with E-state index in [1.54, 1.807) is 18.4 Å². The van der Waals surface area contributed by atoms with E-state index in [1.165, 1.54) is 6.20 Å². The summed E-state index contributed by atoms with van der Waals surface area (Å²) in [6.07, 6.45) is 3.77. The fourth-order valence-electron chi connectivity index (χ4n) is 0.936. The van der Waals surface area contributed by atoms with Crippen LogP contribution in [0.4, 0.5) is 0 Å². The van der Waals surface area contributed by atoms with Crippen molar-refractivity contribution in [2.24, 2.45) is 0 Å². The minimum Gasteiger partial charge on any atom is -0.461 e. The number of carbonyl (C=O) groups excluding carboxylic acids is 1. The van der Waals surface area contributed by atoms with Crippen molar-refractivity contribution in [1.82, 2.24) is 9.97 Å². The van der Waals surface area contributed by atoms with Gasteiger partial charge in [-0.15, -0.1) is 0 Å². The van der Waals surface area contributed by atoms with Gasteiger partial charge in [-0.25, -0.2) is 4.98 Å². The Hall–Kier alpha value is -1.84. The summed E-state index contributed by atoms with van der Waals surface area (Å²) < 4.78 is 5.07. The molecule has 0 amide bonds. The molecule has 2 heterocycles. The second kappa shape index (κ2) is 2.65. The number of nitrogens with one attached hydrogen (secondary N) is 1. The molecule has 0 saturated carbocycles. The Balaban J connectivity index is 2.41. The van der Waals surface area contributed by atoms with Crippen molar-refractivity contribution in [2.45, 2.75) is 0 Å². The number of furan rings is 1. The maximum absolute atomic E-state index is 10.3. The minimum absolute atomic E-state index is 0.376. The highest BCUT2D eigenvalue weighted by molar-refractivity contribution is 5.72. The summed E-state index contributed by atoms with van der Waals surface area (Å²) in [5.74, 6) is 1.20. The summed E-state index contributed by atoms with van der Waals surface area (Å²) in [5.41, 5.74) is 0.376. The summed E-state index contributed by atoms with van der Waals surface area (Å²) in [4.78, 5) is 17.1. The molecule has 2 rings (SSSR count). The predicted octanol–water partition coefficient (Wildman–Crippen LogP) is 1.48. The van der Waals surface area contributed by atoms with E-state index in [0.29, 0.717) is 23.6 Å². The number of H-pyrrole nitrogens is 1. The first-order chi connectivity index (χ1) is 5.90. The number of aromatic nitrogens is 2. The second-order valence-electron chi connectivity index (χ2n) is 2.27. The Morgan fingerprint density at radius 2 is 2.50 bits per heavy atom. The van der Waals surface area contributed by atoms with Gasteiger partial charge in [0.2, 0.25) is 0 Å². The number of rotatable bonds is 2. The van der Waals surface area contributed by atoms with Crippen LogP contribution in [0.3, 0.4) is 0 Å². The van der Waals surface area contributed by atoms with Crippen LogP contribution in [0.2, 0.25) is 0 Å². The molecule has 4 heteroatoms. The molecule has 0 bridgehead atoms. The van der Waals surface area contributed by atoms with E-state index in [-0.39, 0.29) is 0 Å². The summed E-state index contributed by atoms with van der Waals surface area (Å²) in [6, 6.07) is 3.53. The van der Waals surface area contributed by atoms with Crippen LogP contribution >= 0.6 is 0 Å². The van der Waals surface area contributed by atoms with Gasteiger partial charge in [0.1, 0.15) is 5.69 Å². The van der Waals surface area contributed by atoms with Gasteiger partial charge in [0.05, 0.1) is 6.26 Å². The lowest BCUT2D eigenvalue weighted by molar-refractivity contribution is 0.111. The van der Waals surface area contributed by atoms with Crippen LogP contribution in [0, 0.1) is 0 Å². The van der Waals surface area contributed by atoms with Gasteiger partial charge in [-0.05, 0) is 12.1 Å². The number of aromatic amines is 1. The molecule has 0 unspecified atom stereocenters. The van der Waals surface area contributed by atoms with Gasteiger partial charge < -0.3 is 9.40 Å².